The van der Waals surface area contributed by atoms with Gasteiger partial charge in [0.15, 0.2) is 5.78 Å². The minimum absolute atomic E-state index is 0.0494. The lowest BCUT2D eigenvalue weighted by Crippen LogP contribution is -2.29. The molecule has 1 heterocycles. The van der Waals surface area contributed by atoms with E-state index in [-0.39, 0.29) is 32.2 Å². The van der Waals surface area contributed by atoms with Gasteiger partial charge in [-0.15, -0.1) is 0 Å². The first-order valence-electron chi connectivity index (χ1n) is 8.93. The van der Waals surface area contributed by atoms with Crippen LogP contribution in [0.3, 0.4) is 0 Å². The Morgan fingerprint density at radius 1 is 0.839 bits per heavy atom. The quantitative estimate of drug-likeness (QED) is 0.315. The van der Waals surface area contributed by atoms with Crippen LogP contribution in [0.1, 0.15) is 15.9 Å². The third-order valence-electron chi connectivity index (χ3n) is 4.51. The maximum Gasteiger partial charge on any atom is 0.314 e. The topological polar surface area (TPSA) is 129 Å². The first-order valence-corrected chi connectivity index (χ1v) is 10.8. The standard InChI is InChI=1S/C21H14ClN3O5S/c22-13-6-8-16(15(10-13)19(26)12-4-2-1-3-5-12)25-31(29,30)14-7-9-17-18(11-14)24-21(28)20(27)23-17/h1-11,25H,(H,23,27)(H,24,28). The zero-order chi connectivity index (χ0) is 22.2. The number of hydrogen-bond donors (Lipinski definition) is 3. The molecule has 156 valence electrons. The number of carbonyl (C=O) groups is 1. The van der Waals surface area contributed by atoms with Crippen LogP contribution in [-0.2, 0) is 10.0 Å². The minimum Gasteiger partial charge on any atom is -0.316 e. The fraction of sp³-hybridized carbons (Fsp3) is 0. The van der Waals surface area contributed by atoms with Gasteiger partial charge in [-0.1, -0.05) is 41.9 Å². The number of anilines is 1. The van der Waals surface area contributed by atoms with Gasteiger partial charge in [-0.2, -0.15) is 0 Å². The number of benzene rings is 3. The van der Waals surface area contributed by atoms with Crippen LogP contribution in [-0.4, -0.2) is 24.2 Å². The van der Waals surface area contributed by atoms with Gasteiger partial charge in [0.1, 0.15) is 0 Å². The molecule has 0 fully saturated rings. The maximum atomic E-state index is 13.0. The molecule has 0 atom stereocenters. The second kappa shape index (κ2) is 7.86. The van der Waals surface area contributed by atoms with Gasteiger partial charge in [-0.25, -0.2) is 8.42 Å². The molecule has 8 nitrogen and oxygen atoms in total. The number of carbonyl (C=O) groups excluding carboxylic acids is 1. The lowest BCUT2D eigenvalue weighted by molar-refractivity contribution is 0.103. The van der Waals surface area contributed by atoms with Crippen molar-refractivity contribution in [3.63, 3.8) is 0 Å². The molecule has 10 heteroatoms. The summed E-state index contributed by atoms with van der Waals surface area (Å²) in [5, 5.41) is 0.273. The highest BCUT2D eigenvalue weighted by Gasteiger charge is 2.21. The van der Waals surface area contributed by atoms with Crippen LogP contribution in [0.4, 0.5) is 5.69 Å². The predicted molar refractivity (Wildman–Crippen MR) is 117 cm³/mol. The Kier molecular flexibility index (Phi) is 5.22. The fourth-order valence-corrected chi connectivity index (χ4v) is 4.28. The number of rotatable bonds is 5. The van der Waals surface area contributed by atoms with Crippen molar-refractivity contribution in [2.24, 2.45) is 0 Å². The molecule has 0 radical (unpaired) electrons. The van der Waals surface area contributed by atoms with Crippen molar-refractivity contribution in [3.8, 4) is 0 Å². The SMILES string of the molecule is O=C(c1ccccc1)c1cc(Cl)ccc1NS(=O)(=O)c1ccc2[nH]c(=O)c(=O)[nH]c2c1. The zero-order valence-corrected chi connectivity index (χ0v) is 17.3. The first-order chi connectivity index (χ1) is 14.7. The van der Waals surface area contributed by atoms with Crippen LogP contribution in [0.2, 0.25) is 5.02 Å². The van der Waals surface area contributed by atoms with Gasteiger partial charge in [0.05, 0.1) is 21.6 Å². The van der Waals surface area contributed by atoms with E-state index >= 15 is 0 Å². The Labute approximate surface area is 180 Å². The Morgan fingerprint density at radius 3 is 2.23 bits per heavy atom. The molecule has 4 aromatic rings. The van der Waals surface area contributed by atoms with Crippen LogP contribution >= 0.6 is 11.6 Å². The Balaban J connectivity index is 1.76. The molecule has 0 unspecified atom stereocenters. The van der Waals surface area contributed by atoms with Crippen LogP contribution in [0, 0.1) is 0 Å². The first kappa shape index (κ1) is 20.6. The maximum absolute atomic E-state index is 13.0. The molecule has 1 aromatic heterocycles. The van der Waals surface area contributed by atoms with Crippen LogP contribution in [0.25, 0.3) is 11.0 Å². The Hall–Kier alpha value is -3.69. The van der Waals surface area contributed by atoms with Gasteiger partial charge >= 0.3 is 11.1 Å². The summed E-state index contributed by atoms with van der Waals surface area (Å²) < 4.78 is 28.3. The van der Waals surface area contributed by atoms with E-state index in [0.29, 0.717) is 5.56 Å². The van der Waals surface area contributed by atoms with Crippen molar-refractivity contribution in [1.29, 1.82) is 0 Å². The number of H-pyrrole nitrogens is 2. The van der Waals surface area contributed by atoms with Crippen molar-refractivity contribution in [3.05, 3.63) is 104 Å². The summed E-state index contributed by atoms with van der Waals surface area (Å²) in [6.45, 7) is 0. The van der Waals surface area contributed by atoms with E-state index in [2.05, 4.69) is 14.7 Å². The molecule has 0 saturated heterocycles. The van der Waals surface area contributed by atoms with Gasteiger partial charge in [0.2, 0.25) is 0 Å². The summed E-state index contributed by atoms with van der Waals surface area (Å²) in [5.41, 5.74) is -0.819. The third-order valence-corrected chi connectivity index (χ3v) is 6.11. The summed E-state index contributed by atoms with van der Waals surface area (Å²) in [6, 6.07) is 16.5. The molecular formula is C21H14ClN3O5S. The molecule has 0 saturated carbocycles. The van der Waals surface area contributed by atoms with E-state index in [0.717, 1.165) is 0 Å². The highest BCUT2D eigenvalue weighted by Crippen LogP contribution is 2.26. The highest BCUT2D eigenvalue weighted by atomic mass is 35.5. The lowest BCUT2D eigenvalue weighted by atomic mass is 10.0. The Bertz CT molecular complexity index is 1540. The molecular weight excluding hydrogens is 442 g/mol. The largest absolute Gasteiger partial charge is 0.316 e. The van der Waals surface area contributed by atoms with Gasteiger partial charge in [-0.3, -0.25) is 19.1 Å². The molecule has 0 aliphatic carbocycles. The van der Waals surface area contributed by atoms with Gasteiger partial charge in [-0.05, 0) is 36.4 Å². The van der Waals surface area contributed by atoms with Crippen molar-refractivity contribution >= 4 is 44.1 Å². The van der Waals surface area contributed by atoms with E-state index in [9.17, 15) is 22.8 Å². The second-order valence-corrected chi connectivity index (χ2v) is 8.73. The fourth-order valence-electron chi connectivity index (χ4n) is 3.00. The number of aromatic nitrogens is 2. The molecule has 3 aromatic carbocycles. The van der Waals surface area contributed by atoms with Crippen molar-refractivity contribution in [1.82, 2.24) is 9.97 Å². The number of halogens is 1. The molecule has 0 amide bonds. The molecule has 0 bridgehead atoms. The number of nitrogens with one attached hydrogen (secondary N) is 3. The van der Waals surface area contributed by atoms with Gasteiger partial charge in [0.25, 0.3) is 10.0 Å². The zero-order valence-electron chi connectivity index (χ0n) is 15.7. The molecule has 4 rings (SSSR count). The minimum atomic E-state index is -4.14. The van der Waals surface area contributed by atoms with Gasteiger partial charge in [0, 0.05) is 16.1 Å². The second-order valence-electron chi connectivity index (χ2n) is 6.61. The third kappa shape index (κ3) is 4.14. The normalized spacial score (nSPS) is 11.4. The molecule has 3 N–H and O–H groups in total. The highest BCUT2D eigenvalue weighted by molar-refractivity contribution is 7.92. The van der Waals surface area contributed by atoms with Crippen LogP contribution in [0.15, 0.2) is 81.2 Å². The van der Waals surface area contributed by atoms with Gasteiger partial charge < -0.3 is 9.97 Å². The number of sulfonamides is 1. The van der Waals surface area contributed by atoms with Crippen molar-refractivity contribution in [2.45, 2.75) is 4.90 Å². The number of fused-ring (bicyclic) bond motifs is 1. The number of aromatic amines is 2. The number of ketones is 1. The number of hydrogen-bond acceptors (Lipinski definition) is 5. The monoisotopic (exact) mass is 455 g/mol. The van der Waals surface area contributed by atoms with Crippen molar-refractivity contribution < 1.29 is 13.2 Å². The summed E-state index contributed by atoms with van der Waals surface area (Å²) in [7, 11) is -4.14. The van der Waals surface area contributed by atoms with Crippen LogP contribution in [0.5, 0.6) is 0 Å². The summed E-state index contributed by atoms with van der Waals surface area (Å²) >= 11 is 6.04. The van der Waals surface area contributed by atoms with E-state index in [1.54, 1.807) is 30.3 Å². The summed E-state index contributed by atoms with van der Waals surface area (Å²) in [4.78, 5) is 40.4. The molecule has 0 aliphatic rings. The predicted octanol–water partition coefficient (Wildman–Crippen LogP) is 2.90. The average molecular weight is 456 g/mol. The van der Waals surface area contributed by atoms with E-state index in [1.165, 1.54) is 36.4 Å². The average Bonchev–Trinajstić information content (AvgIpc) is 2.75. The lowest BCUT2D eigenvalue weighted by Gasteiger charge is -2.13. The van der Waals surface area contributed by atoms with Crippen LogP contribution < -0.4 is 15.8 Å². The van der Waals surface area contributed by atoms with E-state index in [1.807, 2.05) is 0 Å². The van der Waals surface area contributed by atoms with Crippen molar-refractivity contribution in [2.75, 3.05) is 4.72 Å². The van der Waals surface area contributed by atoms with E-state index < -0.39 is 26.9 Å². The smallest absolute Gasteiger partial charge is 0.314 e. The summed E-state index contributed by atoms with van der Waals surface area (Å²) in [6.07, 6.45) is 0. The van der Waals surface area contributed by atoms with E-state index in [4.69, 9.17) is 11.6 Å². The molecule has 31 heavy (non-hydrogen) atoms. The summed E-state index contributed by atoms with van der Waals surface area (Å²) in [5.74, 6) is -0.402. The molecule has 0 aliphatic heterocycles. The Morgan fingerprint density at radius 2 is 1.52 bits per heavy atom. The molecule has 0 spiro atoms.